The summed E-state index contributed by atoms with van der Waals surface area (Å²) in [6.45, 7) is 3.94. The van der Waals surface area contributed by atoms with Crippen molar-refractivity contribution in [1.82, 2.24) is 15.2 Å². The van der Waals surface area contributed by atoms with Crippen molar-refractivity contribution in [1.29, 1.82) is 0 Å². The van der Waals surface area contributed by atoms with Gasteiger partial charge in [-0.15, -0.1) is 0 Å². The minimum Gasteiger partial charge on any atom is -0.449 e. The predicted octanol–water partition coefficient (Wildman–Crippen LogP) is 2.66. The third kappa shape index (κ3) is 4.45. The molecule has 2 heterocycles. The number of cyclic esters (lactones) is 1. The summed E-state index contributed by atoms with van der Waals surface area (Å²) in [7, 11) is 0. The highest BCUT2D eigenvalue weighted by molar-refractivity contribution is 8.00. The fourth-order valence-corrected chi connectivity index (χ4v) is 3.46. The zero-order chi connectivity index (χ0) is 17.6. The quantitative estimate of drug-likeness (QED) is 0.761. The number of benzene rings is 1. The second kappa shape index (κ2) is 8.24. The molecule has 0 radical (unpaired) electrons. The number of para-hydroxylation sites is 2. The number of ether oxygens (including phenoxy) is 1. The summed E-state index contributed by atoms with van der Waals surface area (Å²) in [5, 5.41) is 3.08. The van der Waals surface area contributed by atoms with Gasteiger partial charge in [-0.3, -0.25) is 4.79 Å². The first-order valence-electron chi connectivity index (χ1n) is 8.39. The van der Waals surface area contributed by atoms with Gasteiger partial charge in [-0.2, -0.15) is 0 Å². The molecule has 0 aliphatic carbocycles. The van der Waals surface area contributed by atoms with E-state index in [1.807, 2.05) is 31.2 Å². The molecule has 1 aliphatic heterocycles. The number of carbonyl (C=O) groups is 2. The fourth-order valence-electron chi connectivity index (χ4n) is 2.57. The SMILES string of the molecule is CC[C@H](Sc1nc2ccccc2o1)C(=O)NCCN1CCCOC1=O. The van der Waals surface area contributed by atoms with Crippen LogP contribution in [-0.2, 0) is 9.53 Å². The van der Waals surface area contributed by atoms with Crippen LogP contribution in [0.15, 0.2) is 33.9 Å². The lowest BCUT2D eigenvalue weighted by Gasteiger charge is -2.26. The van der Waals surface area contributed by atoms with Crippen LogP contribution in [0.5, 0.6) is 0 Å². The van der Waals surface area contributed by atoms with Crippen LogP contribution in [0.3, 0.4) is 0 Å². The van der Waals surface area contributed by atoms with Gasteiger partial charge in [0.05, 0.1) is 11.9 Å². The number of nitrogens with zero attached hydrogens (tertiary/aromatic N) is 2. The zero-order valence-corrected chi connectivity index (χ0v) is 14.9. The summed E-state index contributed by atoms with van der Waals surface area (Å²) >= 11 is 1.31. The van der Waals surface area contributed by atoms with Gasteiger partial charge in [0.25, 0.3) is 5.22 Å². The van der Waals surface area contributed by atoms with E-state index in [4.69, 9.17) is 9.15 Å². The second-order valence-electron chi connectivity index (χ2n) is 5.71. The number of oxazole rings is 1. The van der Waals surface area contributed by atoms with Crippen LogP contribution in [0.2, 0.25) is 0 Å². The molecule has 8 heteroatoms. The highest BCUT2D eigenvalue weighted by atomic mass is 32.2. The van der Waals surface area contributed by atoms with Crippen molar-refractivity contribution < 1.29 is 18.7 Å². The van der Waals surface area contributed by atoms with Crippen LogP contribution in [0.1, 0.15) is 19.8 Å². The third-order valence-corrected chi connectivity index (χ3v) is 5.13. The molecule has 0 saturated carbocycles. The van der Waals surface area contributed by atoms with E-state index in [0.717, 1.165) is 11.9 Å². The molecular weight excluding hydrogens is 342 g/mol. The van der Waals surface area contributed by atoms with E-state index in [0.29, 0.717) is 43.5 Å². The Bertz CT molecular complexity index is 715. The highest BCUT2D eigenvalue weighted by Gasteiger charge is 2.22. The Morgan fingerprint density at radius 3 is 3.04 bits per heavy atom. The maximum absolute atomic E-state index is 12.4. The van der Waals surface area contributed by atoms with Gasteiger partial charge in [0.2, 0.25) is 5.91 Å². The second-order valence-corrected chi connectivity index (χ2v) is 6.86. The van der Waals surface area contributed by atoms with Crippen molar-refractivity contribution in [3.63, 3.8) is 0 Å². The Balaban J connectivity index is 1.51. The van der Waals surface area contributed by atoms with Gasteiger partial charge in [-0.1, -0.05) is 30.8 Å². The number of hydrogen-bond donors (Lipinski definition) is 1. The number of thioether (sulfide) groups is 1. The maximum Gasteiger partial charge on any atom is 0.409 e. The van der Waals surface area contributed by atoms with Crippen molar-refractivity contribution in [2.24, 2.45) is 0 Å². The molecule has 1 aliphatic rings. The summed E-state index contributed by atoms with van der Waals surface area (Å²) in [4.78, 5) is 29.9. The molecule has 1 fully saturated rings. The van der Waals surface area contributed by atoms with E-state index in [-0.39, 0.29) is 17.3 Å². The standard InChI is InChI=1S/C17H21N3O4S/c1-2-14(25-16-19-12-6-3-4-7-13(12)24-16)15(21)18-8-10-20-9-5-11-23-17(20)22/h3-4,6-7,14H,2,5,8-11H2,1H3,(H,18,21)/t14-/m0/s1. The molecule has 1 atom stereocenters. The van der Waals surface area contributed by atoms with Crippen LogP contribution in [0.25, 0.3) is 11.1 Å². The number of nitrogens with one attached hydrogen (secondary N) is 1. The monoisotopic (exact) mass is 363 g/mol. The van der Waals surface area contributed by atoms with Crippen LogP contribution in [0, 0.1) is 0 Å². The Hall–Kier alpha value is -2.22. The minimum atomic E-state index is -0.312. The van der Waals surface area contributed by atoms with Crippen LogP contribution in [-0.4, -0.2) is 53.4 Å². The number of rotatable bonds is 7. The first-order valence-corrected chi connectivity index (χ1v) is 9.27. The van der Waals surface area contributed by atoms with Gasteiger partial charge in [-0.25, -0.2) is 9.78 Å². The van der Waals surface area contributed by atoms with E-state index in [1.54, 1.807) is 4.90 Å². The smallest absolute Gasteiger partial charge is 0.409 e. The zero-order valence-electron chi connectivity index (χ0n) is 14.1. The van der Waals surface area contributed by atoms with Crippen LogP contribution < -0.4 is 5.32 Å². The summed E-state index contributed by atoms with van der Waals surface area (Å²) in [5.41, 5.74) is 1.49. The van der Waals surface area contributed by atoms with E-state index in [2.05, 4.69) is 10.3 Å². The molecular formula is C17H21N3O4S. The Kier molecular flexibility index (Phi) is 5.80. The molecule has 25 heavy (non-hydrogen) atoms. The lowest BCUT2D eigenvalue weighted by atomic mass is 10.3. The molecule has 7 nitrogen and oxygen atoms in total. The molecule has 2 aromatic rings. The molecule has 2 amide bonds. The number of carbonyl (C=O) groups excluding carboxylic acids is 2. The van der Waals surface area contributed by atoms with E-state index in [9.17, 15) is 9.59 Å². The number of fused-ring (bicyclic) bond motifs is 1. The first kappa shape index (κ1) is 17.6. The number of hydrogen-bond acceptors (Lipinski definition) is 6. The van der Waals surface area contributed by atoms with Gasteiger partial charge in [-0.05, 0) is 25.0 Å². The molecule has 1 aromatic heterocycles. The molecule has 3 rings (SSSR count). The molecule has 0 unspecified atom stereocenters. The lowest BCUT2D eigenvalue weighted by molar-refractivity contribution is -0.120. The molecule has 0 spiro atoms. The molecule has 1 N–H and O–H groups in total. The Morgan fingerprint density at radius 1 is 1.44 bits per heavy atom. The lowest BCUT2D eigenvalue weighted by Crippen LogP contribution is -2.43. The molecule has 134 valence electrons. The number of aromatic nitrogens is 1. The van der Waals surface area contributed by atoms with Gasteiger partial charge in [0.15, 0.2) is 5.58 Å². The van der Waals surface area contributed by atoms with E-state index < -0.39 is 0 Å². The molecule has 0 bridgehead atoms. The third-order valence-electron chi connectivity index (χ3n) is 3.92. The van der Waals surface area contributed by atoms with Gasteiger partial charge >= 0.3 is 6.09 Å². The van der Waals surface area contributed by atoms with Crippen molar-refractivity contribution in [2.45, 2.75) is 30.2 Å². The number of amides is 2. The van der Waals surface area contributed by atoms with Crippen molar-refractivity contribution >= 4 is 34.9 Å². The van der Waals surface area contributed by atoms with Crippen LogP contribution in [0.4, 0.5) is 4.79 Å². The van der Waals surface area contributed by atoms with E-state index in [1.165, 1.54) is 11.8 Å². The summed E-state index contributed by atoms with van der Waals surface area (Å²) in [5.74, 6) is -0.0832. The summed E-state index contributed by atoms with van der Waals surface area (Å²) < 4.78 is 10.6. The molecule has 1 aromatic carbocycles. The predicted molar refractivity (Wildman–Crippen MR) is 94.5 cm³/mol. The average molecular weight is 363 g/mol. The fraction of sp³-hybridized carbons (Fsp3) is 0.471. The highest BCUT2D eigenvalue weighted by Crippen LogP contribution is 2.28. The van der Waals surface area contributed by atoms with Crippen molar-refractivity contribution in [3.8, 4) is 0 Å². The minimum absolute atomic E-state index is 0.0832. The summed E-state index contributed by atoms with van der Waals surface area (Å²) in [6.07, 6.45) is 1.17. The molecule has 1 saturated heterocycles. The van der Waals surface area contributed by atoms with Gasteiger partial charge < -0.3 is 19.4 Å². The van der Waals surface area contributed by atoms with E-state index >= 15 is 0 Å². The Morgan fingerprint density at radius 2 is 2.28 bits per heavy atom. The Labute approximate surface area is 150 Å². The summed E-state index contributed by atoms with van der Waals surface area (Å²) in [6, 6.07) is 7.51. The van der Waals surface area contributed by atoms with Crippen LogP contribution >= 0.6 is 11.8 Å². The first-order chi connectivity index (χ1) is 12.2. The maximum atomic E-state index is 12.4. The van der Waals surface area contributed by atoms with Crippen molar-refractivity contribution in [3.05, 3.63) is 24.3 Å². The largest absolute Gasteiger partial charge is 0.449 e. The van der Waals surface area contributed by atoms with Gasteiger partial charge in [0.1, 0.15) is 5.52 Å². The topological polar surface area (TPSA) is 84.7 Å². The van der Waals surface area contributed by atoms with Gasteiger partial charge in [0, 0.05) is 19.6 Å². The average Bonchev–Trinajstić information content (AvgIpc) is 3.03. The van der Waals surface area contributed by atoms with Crippen molar-refractivity contribution in [2.75, 3.05) is 26.2 Å². The normalized spacial score (nSPS) is 15.9.